The van der Waals surface area contributed by atoms with Gasteiger partial charge in [-0.3, -0.25) is 19.8 Å². The van der Waals surface area contributed by atoms with Gasteiger partial charge in [0, 0.05) is 5.56 Å². The van der Waals surface area contributed by atoms with Gasteiger partial charge in [-0.05, 0) is 29.8 Å². The van der Waals surface area contributed by atoms with Crippen LogP contribution < -0.4 is 10.6 Å². The second-order valence-corrected chi connectivity index (χ2v) is 6.02. The van der Waals surface area contributed by atoms with Gasteiger partial charge < -0.3 is 5.32 Å². The third kappa shape index (κ3) is 3.40. The van der Waals surface area contributed by atoms with Crippen LogP contribution in [-0.2, 0) is 11.3 Å². The molecule has 6 nitrogen and oxygen atoms in total. The molecule has 1 aliphatic heterocycles. The van der Waals surface area contributed by atoms with Crippen LogP contribution in [0.4, 0.5) is 22.4 Å². The molecular weight excluding hydrogens is 382 g/mol. The second-order valence-electron chi connectivity index (χ2n) is 6.02. The Balaban J connectivity index is 1.91. The monoisotopic (exact) mass is 395 g/mol. The number of nitrogens with zero attached hydrogens (tertiary/aromatic N) is 1. The van der Waals surface area contributed by atoms with Gasteiger partial charge in [0.1, 0.15) is 5.82 Å². The molecule has 1 unspecified atom stereocenters. The zero-order chi connectivity index (χ0) is 20.5. The Hall–Kier alpha value is -3.43. The average molecular weight is 395 g/mol. The van der Waals surface area contributed by atoms with Crippen LogP contribution in [0.1, 0.15) is 15.9 Å². The lowest BCUT2D eigenvalue weighted by Gasteiger charge is -2.29. The van der Waals surface area contributed by atoms with Crippen LogP contribution in [0, 0.1) is 5.82 Å². The Morgan fingerprint density at radius 3 is 2.21 bits per heavy atom. The quantitative estimate of drug-likeness (QED) is 0.617. The molecule has 0 aliphatic carbocycles. The molecule has 1 heterocycles. The van der Waals surface area contributed by atoms with Crippen molar-refractivity contribution in [3.8, 4) is 0 Å². The van der Waals surface area contributed by atoms with E-state index < -0.39 is 42.0 Å². The largest absolute Gasteiger partial charge is 0.440 e. The predicted octanol–water partition coefficient (Wildman–Crippen LogP) is 2.57. The number of hydrogen-bond donors (Lipinski definition) is 2. The molecule has 0 saturated carbocycles. The second kappa shape index (κ2) is 6.95. The molecule has 4 amide bonds. The summed E-state index contributed by atoms with van der Waals surface area (Å²) in [7, 11) is 0. The third-order valence-corrected chi connectivity index (χ3v) is 4.12. The molecule has 2 N–H and O–H groups in total. The van der Waals surface area contributed by atoms with Gasteiger partial charge in [-0.1, -0.05) is 30.3 Å². The highest BCUT2D eigenvalue weighted by molar-refractivity contribution is 6.10. The summed E-state index contributed by atoms with van der Waals surface area (Å²) in [5.74, 6) is -3.65. The van der Waals surface area contributed by atoms with Crippen molar-refractivity contribution in [1.82, 2.24) is 15.5 Å². The van der Waals surface area contributed by atoms with E-state index in [9.17, 15) is 31.9 Å². The Bertz CT molecular complexity index is 916. The number of amides is 4. The number of nitrogens with one attached hydrogen (secondary N) is 2. The first-order valence-corrected chi connectivity index (χ1v) is 7.97. The van der Waals surface area contributed by atoms with E-state index in [4.69, 9.17) is 0 Å². The minimum atomic E-state index is -5.32. The number of imide groups is 1. The normalized spacial score (nSPS) is 19.5. The highest BCUT2D eigenvalue weighted by atomic mass is 19.4. The molecule has 0 spiro atoms. The summed E-state index contributed by atoms with van der Waals surface area (Å²) in [4.78, 5) is 37.3. The fraction of sp³-hybridized carbons (Fsp3) is 0.167. The number of rotatable bonds is 4. The van der Waals surface area contributed by atoms with Crippen LogP contribution in [0.5, 0.6) is 0 Å². The van der Waals surface area contributed by atoms with Gasteiger partial charge in [0.25, 0.3) is 17.5 Å². The number of carbonyl (C=O) groups excluding carboxylic acids is 3. The summed E-state index contributed by atoms with van der Waals surface area (Å²) in [6, 6.07) is 10.3. The molecule has 2 aromatic rings. The summed E-state index contributed by atoms with van der Waals surface area (Å²) >= 11 is 0. The molecule has 2 aromatic carbocycles. The van der Waals surface area contributed by atoms with Crippen molar-refractivity contribution in [3.63, 3.8) is 0 Å². The molecule has 28 heavy (non-hydrogen) atoms. The Morgan fingerprint density at radius 1 is 1.04 bits per heavy atom. The van der Waals surface area contributed by atoms with Gasteiger partial charge >= 0.3 is 12.2 Å². The van der Waals surface area contributed by atoms with Crippen LogP contribution in [-0.4, -0.2) is 34.6 Å². The standard InChI is InChI=1S/C18H13F4N3O3/c19-13-8-6-12(7-9-13)14(26)23-17(18(20,21)22)15(27)25(16(28)24-17)10-11-4-2-1-3-5-11/h1-9H,10H2,(H,23,26)(H,24,28). The predicted molar refractivity (Wildman–Crippen MR) is 88.2 cm³/mol. The van der Waals surface area contributed by atoms with Gasteiger partial charge in [-0.15, -0.1) is 0 Å². The third-order valence-electron chi connectivity index (χ3n) is 4.12. The molecule has 0 bridgehead atoms. The maximum absolute atomic E-state index is 13.8. The fourth-order valence-electron chi connectivity index (χ4n) is 2.68. The Morgan fingerprint density at radius 2 is 1.64 bits per heavy atom. The Labute approximate surface area is 156 Å². The van der Waals surface area contributed by atoms with Crippen molar-refractivity contribution in [2.24, 2.45) is 0 Å². The highest BCUT2D eigenvalue weighted by Crippen LogP contribution is 2.34. The van der Waals surface area contributed by atoms with Gasteiger partial charge in [-0.25, -0.2) is 9.18 Å². The maximum Gasteiger partial charge on any atom is 0.440 e. The average Bonchev–Trinajstić information content (AvgIpc) is 2.88. The van der Waals surface area contributed by atoms with Crippen molar-refractivity contribution in [1.29, 1.82) is 0 Å². The molecule has 1 aliphatic rings. The van der Waals surface area contributed by atoms with Crippen LogP contribution >= 0.6 is 0 Å². The Kier molecular flexibility index (Phi) is 4.80. The molecule has 10 heteroatoms. The van der Waals surface area contributed by atoms with Crippen molar-refractivity contribution < 1.29 is 31.9 Å². The van der Waals surface area contributed by atoms with E-state index in [1.165, 1.54) is 12.1 Å². The lowest BCUT2D eigenvalue weighted by molar-refractivity contribution is -0.200. The van der Waals surface area contributed by atoms with Crippen LogP contribution in [0.15, 0.2) is 54.6 Å². The summed E-state index contributed by atoms with van der Waals surface area (Å²) in [5.41, 5.74) is -3.51. The zero-order valence-corrected chi connectivity index (χ0v) is 14.1. The summed E-state index contributed by atoms with van der Waals surface area (Å²) in [6.07, 6.45) is -5.32. The van der Waals surface area contributed by atoms with Gasteiger partial charge in [0.05, 0.1) is 6.54 Å². The molecule has 0 aromatic heterocycles. The van der Waals surface area contributed by atoms with E-state index in [0.29, 0.717) is 10.5 Å². The molecule has 1 atom stereocenters. The van der Waals surface area contributed by atoms with E-state index in [1.54, 1.807) is 28.8 Å². The topological polar surface area (TPSA) is 78.5 Å². The number of hydrogen-bond acceptors (Lipinski definition) is 3. The van der Waals surface area contributed by atoms with Gasteiger partial charge in [-0.2, -0.15) is 13.2 Å². The van der Waals surface area contributed by atoms with Crippen molar-refractivity contribution in [2.75, 3.05) is 0 Å². The van der Waals surface area contributed by atoms with Crippen molar-refractivity contribution in [3.05, 3.63) is 71.5 Å². The first-order valence-electron chi connectivity index (χ1n) is 7.97. The number of halogens is 4. The van der Waals surface area contributed by atoms with E-state index in [-0.39, 0.29) is 5.56 Å². The first-order chi connectivity index (χ1) is 13.1. The van der Waals surface area contributed by atoms with Crippen LogP contribution in [0.3, 0.4) is 0 Å². The van der Waals surface area contributed by atoms with E-state index in [2.05, 4.69) is 0 Å². The molecular formula is C18H13F4N3O3. The van der Waals surface area contributed by atoms with E-state index in [1.807, 2.05) is 0 Å². The molecule has 1 fully saturated rings. The molecule has 146 valence electrons. The highest BCUT2D eigenvalue weighted by Gasteiger charge is 2.68. The molecule has 3 rings (SSSR count). The fourth-order valence-corrected chi connectivity index (χ4v) is 2.68. The molecule has 0 radical (unpaired) electrons. The smallest absolute Gasteiger partial charge is 0.314 e. The number of benzene rings is 2. The minimum absolute atomic E-state index is 0.311. The maximum atomic E-state index is 13.8. The van der Waals surface area contributed by atoms with E-state index >= 15 is 0 Å². The molecule has 1 saturated heterocycles. The summed E-state index contributed by atoms with van der Waals surface area (Å²) in [6.45, 7) is -0.407. The lowest BCUT2D eigenvalue weighted by Crippen LogP contribution is -2.69. The van der Waals surface area contributed by atoms with Gasteiger partial charge in [0.15, 0.2) is 0 Å². The first kappa shape index (κ1) is 19.3. The summed E-state index contributed by atoms with van der Waals surface area (Å²) in [5, 5.41) is 3.10. The van der Waals surface area contributed by atoms with Gasteiger partial charge in [0.2, 0.25) is 0 Å². The lowest BCUT2D eigenvalue weighted by atomic mass is 10.1. The SMILES string of the molecule is O=C(NC1(C(F)(F)F)NC(=O)N(Cc2ccccc2)C1=O)c1ccc(F)cc1. The number of alkyl halides is 3. The minimum Gasteiger partial charge on any atom is -0.314 e. The van der Waals surface area contributed by atoms with Crippen molar-refractivity contribution in [2.45, 2.75) is 18.4 Å². The summed E-state index contributed by atoms with van der Waals surface area (Å²) < 4.78 is 54.2. The van der Waals surface area contributed by atoms with Crippen LogP contribution in [0.25, 0.3) is 0 Å². The van der Waals surface area contributed by atoms with Crippen LogP contribution in [0.2, 0.25) is 0 Å². The van der Waals surface area contributed by atoms with E-state index in [0.717, 1.165) is 24.3 Å². The number of carbonyl (C=O) groups is 3. The van der Waals surface area contributed by atoms with Crippen molar-refractivity contribution >= 4 is 17.8 Å². The number of urea groups is 1. The zero-order valence-electron chi connectivity index (χ0n) is 14.1.